The minimum atomic E-state index is -0.711. The van der Waals surface area contributed by atoms with E-state index in [0.29, 0.717) is 41.1 Å². The fourth-order valence-corrected chi connectivity index (χ4v) is 5.47. The van der Waals surface area contributed by atoms with Gasteiger partial charge in [-0.3, -0.25) is 0 Å². The molecule has 0 saturated carbocycles. The monoisotopic (exact) mass is 615 g/mol. The van der Waals surface area contributed by atoms with Crippen LogP contribution in [0, 0.1) is 25.6 Å². The Kier molecular flexibility index (Phi) is 9.99. The molecule has 1 aromatic heterocycles. The van der Waals surface area contributed by atoms with E-state index in [1.807, 2.05) is 32.0 Å². The van der Waals surface area contributed by atoms with Gasteiger partial charge in [-0.15, -0.1) is 0 Å². The van der Waals surface area contributed by atoms with Gasteiger partial charge in [0.05, 0.1) is 32.2 Å². The second-order valence-electron chi connectivity index (χ2n) is 11.1. The fraction of sp³-hybridized carbons (Fsp3) is 0.324. The van der Waals surface area contributed by atoms with Gasteiger partial charge in [0, 0.05) is 42.5 Å². The van der Waals surface area contributed by atoms with E-state index in [9.17, 15) is 9.18 Å². The molecule has 1 aliphatic heterocycles. The maximum absolute atomic E-state index is 14.9. The summed E-state index contributed by atoms with van der Waals surface area (Å²) in [5, 5.41) is 2.98. The number of hydrogen-bond acceptors (Lipinski definition) is 9. The van der Waals surface area contributed by atoms with Crippen molar-refractivity contribution in [3.8, 4) is 23.1 Å². The molecule has 1 N–H and O–H groups in total. The molecule has 1 atom stereocenters. The molecule has 5 rings (SSSR count). The number of likely N-dealkylation sites (tertiary alicyclic amines) is 1. The van der Waals surface area contributed by atoms with Crippen LogP contribution < -0.4 is 29.2 Å². The minimum absolute atomic E-state index is 0.000842. The number of nitrogens with zero attached hydrogens (tertiary/aromatic N) is 4. The van der Waals surface area contributed by atoms with Crippen LogP contribution in [-0.2, 0) is 0 Å². The Morgan fingerprint density at radius 2 is 1.84 bits per heavy atom. The molecule has 0 aliphatic carbocycles. The zero-order valence-corrected chi connectivity index (χ0v) is 26.2. The Bertz CT molecular complexity index is 1630. The van der Waals surface area contributed by atoms with E-state index in [2.05, 4.69) is 27.2 Å². The number of halogens is 1. The van der Waals surface area contributed by atoms with Crippen molar-refractivity contribution in [3.63, 3.8) is 0 Å². The van der Waals surface area contributed by atoms with E-state index in [1.165, 1.54) is 30.3 Å². The molecule has 3 aromatic carbocycles. The normalized spacial score (nSPS) is 14.8. The predicted octanol–water partition coefficient (Wildman–Crippen LogP) is 7.05. The zero-order chi connectivity index (χ0) is 31.9. The van der Waals surface area contributed by atoms with Gasteiger partial charge in [0.25, 0.3) is 0 Å². The molecule has 45 heavy (non-hydrogen) atoms. The highest BCUT2D eigenvalue weighted by Gasteiger charge is 2.27. The molecule has 11 heteroatoms. The molecule has 0 bridgehead atoms. The van der Waals surface area contributed by atoms with E-state index in [1.54, 1.807) is 37.4 Å². The predicted molar refractivity (Wildman–Crippen MR) is 171 cm³/mol. The number of para-hydroxylation sites is 1. The second kappa shape index (κ2) is 14.3. The number of carbonyl (C=O) groups excluding carboxylic acids is 1. The summed E-state index contributed by atoms with van der Waals surface area (Å²) in [6, 6.07) is 17.0. The largest absolute Gasteiger partial charge is 0.497 e. The average molecular weight is 616 g/mol. The van der Waals surface area contributed by atoms with Gasteiger partial charge in [-0.2, -0.15) is 4.98 Å². The maximum atomic E-state index is 14.9. The average Bonchev–Trinajstić information content (AvgIpc) is 3.02. The molecular formula is C34H38FN5O5. The van der Waals surface area contributed by atoms with Crippen molar-refractivity contribution in [2.75, 3.05) is 51.2 Å². The van der Waals surface area contributed by atoms with E-state index >= 15 is 0 Å². The number of amides is 1. The number of aryl methyl sites for hydroxylation is 2. The minimum Gasteiger partial charge on any atom is -0.497 e. The Morgan fingerprint density at radius 1 is 1.04 bits per heavy atom. The number of carbonyl (C=O) groups is 1. The first-order valence-electron chi connectivity index (χ1n) is 14.8. The van der Waals surface area contributed by atoms with E-state index in [0.717, 1.165) is 37.1 Å². The summed E-state index contributed by atoms with van der Waals surface area (Å²) in [5.74, 6) is 1.18. The molecule has 0 spiro atoms. The Hall–Kier alpha value is -4.90. The molecule has 236 valence electrons. The van der Waals surface area contributed by atoms with Gasteiger partial charge in [-0.1, -0.05) is 18.2 Å². The summed E-state index contributed by atoms with van der Waals surface area (Å²) < 4.78 is 37.5. The van der Waals surface area contributed by atoms with Gasteiger partial charge >= 0.3 is 6.09 Å². The molecule has 1 aliphatic rings. The van der Waals surface area contributed by atoms with Crippen molar-refractivity contribution in [2.24, 2.45) is 5.92 Å². The van der Waals surface area contributed by atoms with Gasteiger partial charge in [-0.05, 0) is 75.7 Å². The summed E-state index contributed by atoms with van der Waals surface area (Å²) in [6.07, 6.45) is 2.92. The van der Waals surface area contributed by atoms with Crippen molar-refractivity contribution in [3.05, 3.63) is 83.8 Å². The molecule has 1 amide bonds. The van der Waals surface area contributed by atoms with Crippen LogP contribution in [0.15, 0.2) is 66.9 Å². The molecule has 1 fully saturated rings. The van der Waals surface area contributed by atoms with Crippen molar-refractivity contribution >= 4 is 29.1 Å². The molecule has 4 aromatic rings. The number of nitrogens with one attached hydrogen (secondary N) is 1. The Labute approximate surface area is 262 Å². The number of methoxy groups -OCH3 is 2. The molecule has 0 radical (unpaired) electrons. The van der Waals surface area contributed by atoms with Crippen LogP contribution in [0.5, 0.6) is 23.1 Å². The standard InChI is InChI=1S/C34H38FN5O5/c1-22-8-6-9-23(2)32(22)40(28-13-12-26(42-4)19-30(28)43-5)34(41)45-31-15-16-36-33(38-31)37-25-11-14-29(27(35)18-25)44-21-24-10-7-17-39(3)20-24/h6,8-9,11-16,18-19,24H,7,10,17,20-21H2,1-5H3,(H,36,37,38). The van der Waals surface area contributed by atoms with Gasteiger partial charge in [0.15, 0.2) is 11.6 Å². The van der Waals surface area contributed by atoms with Crippen LogP contribution in [0.4, 0.5) is 32.2 Å². The smallest absolute Gasteiger partial charge is 0.425 e. The third kappa shape index (κ3) is 7.61. The van der Waals surface area contributed by atoms with Gasteiger partial charge in [0.2, 0.25) is 11.8 Å². The lowest BCUT2D eigenvalue weighted by molar-refractivity contribution is 0.147. The Morgan fingerprint density at radius 3 is 2.56 bits per heavy atom. The number of anilines is 4. The SMILES string of the molecule is COc1ccc(N(C(=O)Oc2ccnc(Nc3ccc(OCC4CCCN(C)C4)c(F)c3)n2)c2c(C)cccc2C)c(OC)c1. The number of hydrogen-bond donors (Lipinski definition) is 1. The maximum Gasteiger partial charge on any atom is 0.425 e. The number of benzene rings is 3. The lowest BCUT2D eigenvalue weighted by atomic mass is 10.00. The number of ether oxygens (including phenoxy) is 4. The van der Waals surface area contributed by atoms with Crippen LogP contribution in [-0.4, -0.2) is 61.9 Å². The quantitative estimate of drug-likeness (QED) is 0.201. The first kappa shape index (κ1) is 31.5. The van der Waals surface area contributed by atoms with E-state index in [4.69, 9.17) is 18.9 Å². The molecular weight excluding hydrogens is 577 g/mol. The van der Waals surface area contributed by atoms with Crippen molar-refractivity contribution in [1.82, 2.24) is 14.9 Å². The number of rotatable bonds is 10. The summed E-state index contributed by atoms with van der Waals surface area (Å²) in [4.78, 5) is 26.1. The summed E-state index contributed by atoms with van der Waals surface area (Å²) in [6.45, 7) is 6.31. The molecule has 1 unspecified atom stereocenters. The van der Waals surface area contributed by atoms with E-state index < -0.39 is 11.9 Å². The zero-order valence-electron chi connectivity index (χ0n) is 26.2. The van der Waals surface area contributed by atoms with Crippen LogP contribution >= 0.6 is 0 Å². The van der Waals surface area contributed by atoms with Gasteiger partial charge in [-0.25, -0.2) is 19.1 Å². The molecule has 2 heterocycles. The van der Waals surface area contributed by atoms with Crippen molar-refractivity contribution in [2.45, 2.75) is 26.7 Å². The fourth-order valence-electron chi connectivity index (χ4n) is 5.47. The highest BCUT2D eigenvalue weighted by Crippen LogP contribution is 2.40. The molecule has 1 saturated heterocycles. The summed E-state index contributed by atoms with van der Waals surface area (Å²) >= 11 is 0. The Balaban J connectivity index is 1.33. The first-order chi connectivity index (χ1) is 21.7. The first-order valence-corrected chi connectivity index (χ1v) is 14.8. The molecule has 10 nitrogen and oxygen atoms in total. The van der Waals surface area contributed by atoms with E-state index in [-0.39, 0.29) is 17.6 Å². The van der Waals surface area contributed by atoms with Gasteiger partial charge < -0.3 is 29.2 Å². The number of aromatic nitrogens is 2. The second-order valence-corrected chi connectivity index (χ2v) is 11.1. The third-order valence-corrected chi connectivity index (χ3v) is 7.68. The lowest BCUT2D eigenvalue weighted by Gasteiger charge is -2.29. The van der Waals surface area contributed by atoms with Crippen molar-refractivity contribution < 1.29 is 28.1 Å². The number of piperidine rings is 1. The van der Waals surface area contributed by atoms with Crippen LogP contribution in [0.2, 0.25) is 0 Å². The van der Waals surface area contributed by atoms with Crippen LogP contribution in [0.25, 0.3) is 0 Å². The van der Waals surface area contributed by atoms with Crippen LogP contribution in [0.1, 0.15) is 24.0 Å². The highest BCUT2D eigenvalue weighted by atomic mass is 19.1. The topological polar surface area (TPSA) is 98.3 Å². The van der Waals surface area contributed by atoms with Crippen LogP contribution in [0.3, 0.4) is 0 Å². The lowest BCUT2D eigenvalue weighted by Crippen LogP contribution is -2.34. The summed E-state index contributed by atoms with van der Waals surface area (Å²) in [5.41, 5.74) is 3.24. The summed E-state index contributed by atoms with van der Waals surface area (Å²) in [7, 11) is 5.16. The third-order valence-electron chi connectivity index (χ3n) is 7.68. The highest BCUT2D eigenvalue weighted by molar-refractivity contribution is 6.00. The van der Waals surface area contributed by atoms with Crippen molar-refractivity contribution in [1.29, 1.82) is 0 Å². The van der Waals surface area contributed by atoms with Gasteiger partial charge in [0.1, 0.15) is 11.5 Å².